The Kier molecular flexibility index (Phi) is 1.65. The molecule has 1 saturated heterocycles. The summed E-state index contributed by atoms with van der Waals surface area (Å²) in [5.41, 5.74) is -2.41. The van der Waals surface area contributed by atoms with E-state index in [1.165, 1.54) is 0 Å². The highest BCUT2D eigenvalue weighted by Gasteiger charge is 2.69. The van der Waals surface area contributed by atoms with Crippen molar-refractivity contribution < 1.29 is 23.1 Å². The number of likely N-dealkylation sites (tertiary alicyclic amines) is 1. The highest BCUT2D eigenvalue weighted by atomic mass is 19.4. The Morgan fingerprint density at radius 3 is 2.17 bits per heavy atom. The average Bonchev–Trinajstić information content (AvgIpc) is 1.98. The fraction of sp³-hybridized carbons (Fsp3) is 0.833. The van der Waals surface area contributed by atoms with Gasteiger partial charge in [0.1, 0.15) is 0 Å². The molecule has 1 heterocycles. The van der Waals surface area contributed by atoms with Gasteiger partial charge in [-0.05, 0) is 6.92 Å². The van der Waals surface area contributed by atoms with Gasteiger partial charge in [-0.15, -0.1) is 0 Å². The van der Waals surface area contributed by atoms with Crippen molar-refractivity contribution in [2.24, 2.45) is 0 Å². The van der Waals surface area contributed by atoms with Crippen molar-refractivity contribution in [3.05, 3.63) is 0 Å². The topological polar surface area (TPSA) is 40.5 Å². The first-order valence-corrected chi connectivity index (χ1v) is 3.25. The molecule has 1 N–H and O–H groups in total. The van der Waals surface area contributed by atoms with E-state index < -0.39 is 23.7 Å². The second-order valence-corrected chi connectivity index (χ2v) is 2.95. The summed E-state index contributed by atoms with van der Waals surface area (Å²) >= 11 is 0. The zero-order valence-corrected chi connectivity index (χ0v) is 6.51. The van der Waals surface area contributed by atoms with Crippen LogP contribution >= 0.6 is 0 Å². The van der Waals surface area contributed by atoms with Gasteiger partial charge in [0.25, 0.3) is 5.91 Å². The second kappa shape index (κ2) is 2.12. The molecule has 0 aromatic carbocycles. The molecule has 2 atom stereocenters. The van der Waals surface area contributed by atoms with Gasteiger partial charge in [-0.25, -0.2) is 0 Å². The normalized spacial score (nSPS) is 36.7. The molecule has 12 heavy (non-hydrogen) atoms. The number of likely N-dealkylation sites (N-methyl/N-ethyl adjacent to an activating group) is 1. The first-order valence-electron chi connectivity index (χ1n) is 3.25. The summed E-state index contributed by atoms with van der Waals surface area (Å²) in [6.07, 6.45) is -6.54. The predicted octanol–water partition coefficient (Wildman–Crippen LogP) is 0.140. The molecule has 0 bridgehead atoms. The summed E-state index contributed by atoms with van der Waals surface area (Å²) in [5, 5.41) is 8.83. The summed E-state index contributed by atoms with van der Waals surface area (Å²) in [4.78, 5) is 11.1. The highest BCUT2D eigenvalue weighted by Crippen LogP contribution is 2.43. The Hall–Kier alpha value is -0.780. The minimum Gasteiger partial charge on any atom is -0.380 e. The first kappa shape index (κ1) is 9.31. The molecular weight excluding hydrogens is 175 g/mol. The van der Waals surface area contributed by atoms with Crippen LogP contribution in [0.15, 0.2) is 0 Å². The van der Waals surface area contributed by atoms with Crippen molar-refractivity contribution in [3.63, 3.8) is 0 Å². The van der Waals surface area contributed by atoms with Gasteiger partial charge in [-0.1, -0.05) is 0 Å². The Balaban J connectivity index is 2.95. The molecule has 0 saturated carbocycles. The Morgan fingerprint density at radius 1 is 1.58 bits per heavy atom. The summed E-state index contributed by atoms with van der Waals surface area (Å²) in [6, 6.07) is 0. The van der Waals surface area contributed by atoms with Gasteiger partial charge in [-0.3, -0.25) is 4.79 Å². The minimum atomic E-state index is -4.59. The zero-order valence-electron chi connectivity index (χ0n) is 6.51. The molecule has 0 unspecified atom stereocenters. The third kappa shape index (κ3) is 0.782. The SMILES string of the molecule is CN1C(=O)[C@H](O)[C@@]1(C)C(F)(F)F. The number of nitrogens with zero attached hydrogens (tertiary/aromatic N) is 1. The number of rotatable bonds is 0. The van der Waals surface area contributed by atoms with Crippen LogP contribution in [-0.2, 0) is 4.79 Å². The van der Waals surface area contributed by atoms with Gasteiger partial charge in [0.15, 0.2) is 11.6 Å². The van der Waals surface area contributed by atoms with Crippen molar-refractivity contribution in [3.8, 4) is 0 Å². The summed E-state index contributed by atoms with van der Waals surface area (Å²) in [7, 11) is 1.02. The number of hydrogen-bond donors (Lipinski definition) is 1. The molecule has 1 fully saturated rings. The van der Waals surface area contributed by atoms with Gasteiger partial charge >= 0.3 is 6.18 Å². The van der Waals surface area contributed by atoms with Crippen molar-refractivity contribution >= 4 is 5.91 Å². The number of β-lactam (4-membered cyclic amide) rings is 1. The summed E-state index contributed by atoms with van der Waals surface area (Å²) < 4.78 is 36.6. The number of hydrogen-bond acceptors (Lipinski definition) is 2. The van der Waals surface area contributed by atoms with Crippen LogP contribution in [0.3, 0.4) is 0 Å². The van der Waals surface area contributed by atoms with Crippen LogP contribution < -0.4 is 0 Å². The number of carbonyl (C=O) groups is 1. The maximum absolute atomic E-state index is 12.2. The molecule has 1 amide bonds. The van der Waals surface area contributed by atoms with Gasteiger partial charge in [0.05, 0.1) is 0 Å². The Bertz CT molecular complexity index is 213. The number of aliphatic hydroxyl groups is 1. The van der Waals surface area contributed by atoms with Crippen LogP contribution in [0, 0.1) is 0 Å². The summed E-state index contributed by atoms with van der Waals surface area (Å²) in [5.74, 6) is -0.894. The van der Waals surface area contributed by atoms with Crippen LogP contribution in [0.4, 0.5) is 13.2 Å². The predicted molar refractivity (Wildman–Crippen MR) is 33.2 cm³/mol. The molecule has 0 radical (unpaired) electrons. The van der Waals surface area contributed by atoms with Crippen molar-refractivity contribution in [1.29, 1.82) is 0 Å². The van der Waals surface area contributed by atoms with Crippen LogP contribution in [0.1, 0.15) is 6.92 Å². The van der Waals surface area contributed by atoms with Crippen LogP contribution in [-0.4, -0.2) is 40.8 Å². The van der Waals surface area contributed by atoms with E-state index in [9.17, 15) is 18.0 Å². The molecule has 1 aliphatic rings. The number of aliphatic hydroxyl groups excluding tert-OH is 1. The van der Waals surface area contributed by atoms with Crippen molar-refractivity contribution in [2.45, 2.75) is 24.7 Å². The van der Waals surface area contributed by atoms with E-state index in [4.69, 9.17) is 5.11 Å². The Morgan fingerprint density at radius 2 is 2.00 bits per heavy atom. The lowest BCUT2D eigenvalue weighted by molar-refractivity contribution is -0.278. The number of alkyl halides is 3. The van der Waals surface area contributed by atoms with E-state index in [1.807, 2.05) is 0 Å². The zero-order chi connectivity index (χ0) is 9.73. The number of halogens is 3. The van der Waals surface area contributed by atoms with Gasteiger partial charge < -0.3 is 10.0 Å². The molecule has 0 aromatic heterocycles. The molecule has 3 nitrogen and oxygen atoms in total. The first-order chi connectivity index (χ1) is 5.23. The maximum Gasteiger partial charge on any atom is 0.414 e. The van der Waals surface area contributed by atoms with E-state index >= 15 is 0 Å². The van der Waals surface area contributed by atoms with E-state index in [1.54, 1.807) is 0 Å². The van der Waals surface area contributed by atoms with E-state index in [-0.39, 0.29) is 0 Å². The molecule has 1 aliphatic heterocycles. The summed E-state index contributed by atoms with van der Waals surface area (Å²) in [6.45, 7) is 0.791. The largest absolute Gasteiger partial charge is 0.414 e. The smallest absolute Gasteiger partial charge is 0.380 e. The van der Waals surface area contributed by atoms with Crippen LogP contribution in [0.5, 0.6) is 0 Å². The lowest BCUT2D eigenvalue weighted by Gasteiger charge is -2.51. The maximum atomic E-state index is 12.2. The second-order valence-electron chi connectivity index (χ2n) is 2.95. The standard InChI is InChI=1S/C6H8F3NO2/c1-5(6(7,8)9)3(11)4(12)10(5)2/h3,11H,1-2H3/t3-,5-/m0/s1. The highest BCUT2D eigenvalue weighted by molar-refractivity contribution is 5.90. The molecule has 0 spiro atoms. The fourth-order valence-corrected chi connectivity index (χ4v) is 1.12. The van der Waals surface area contributed by atoms with Gasteiger partial charge in [0, 0.05) is 7.05 Å². The molecule has 1 rings (SSSR count). The number of amides is 1. The van der Waals surface area contributed by atoms with Gasteiger partial charge in [-0.2, -0.15) is 13.2 Å². The Labute approximate surface area is 66.8 Å². The van der Waals surface area contributed by atoms with Crippen LogP contribution in [0.2, 0.25) is 0 Å². The van der Waals surface area contributed by atoms with Crippen molar-refractivity contribution in [2.75, 3.05) is 7.05 Å². The quantitative estimate of drug-likeness (QED) is 0.542. The van der Waals surface area contributed by atoms with E-state index in [0.29, 0.717) is 4.90 Å². The number of carbonyl (C=O) groups excluding carboxylic acids is 1. The third-order valence-corrected chi connectivity index (χ3v) is 2.37. The molecule has 6 heteroatoms. The lowest BCUT2D eigenvalue weighted by Crippen LogP contribution is -2.77. The minimum absolute atomic E-state index is 0.498. The van der Waals surface area contributed by atoms with Crippen LogP contribution in [0.25, 0.3) is 0 Å². The third-order valence-electron chi connectivity index (χ3n) is 2.37. The fourth-order valence-electron chi connectivity index (χ4n) is 1.12. The van der Waals surface area contributed by atoms with E-state index in [2.05, 4.69) is 0 Å². The van der Waals surface area contributed by atoms with Gasteiger partial charge in [0.2, 0.25) is 0 Å². The lowest BCUT2D eigenvalue weighted by atomic mass is 9.82. The monoisotopic (exact) mass is 183 g/mol. The molecule has 0 aromatic rings. The average molecular weight is 183 g/mol. The van der Waals surface area contributed by atoms with Crippen molar-refractivity contribution in [1.82, 2.24) is 4.90 Å². The van der Waals surface area contributed by atoms with E-state index in [0.717, 1.165) is 14.0 Å². The molecule has 0 aliphatic carbocycles. The molecule has 70 valence electrons. The molecular formula is C6H8F3NO2.